The maximum absolute atomic E-state index is 14.5. The number of ether oxygens (including phenoxy) is 4. The van der Waals surface area contributed by atoms with E-state index in [1.54, 1.807) is 165 Å². The number of carbonyl (C=O) groups excluding carboxylic acids is 8. The van der Waals surface area contributed by atoms with Gasteiger partial charge >= 0.3 is 0 Å². The molecule has 124 heavy (non-hydrogen) atoms. The average molecular weight is 1740 g/mol. The van der Waals surface area contributed by atoms with Gasteiger partial charge in [0.2, 0.25) is 23.6 Å². The van der Waals surface area contributed by atoms with Crippen molar-refractivity contribution in [3.05, 3.63) is 303 Å². The van der Waals surface area contributed by atoms with Gasteiger partial charge < -0.3 is 61.5 Å². The fourth-order valence-corrected chi connectivity index (χ4v) is 16.8. The topological polar surface area (TPSA) is 341 Å². The van der Waals surface area contributed by atoms with Crippen LogP contribution in [-0.4, -0.2) is 139 Å². The number of halogens is 4. The lowest BCUT2D eigenvalue weighted by molar-refractivity contribution is -0.119. The van der Waals surface area contributed by atoms with Crippen LogP contribution in [0.4, 0.5) is 27.7 Å². The summed E-state index contributed by atoms with van der Waals surface area (Å²) < 4.78 is 42.3. The summed E-state index contributed by atoms with van der Waals surface area (Å²) in [7, 11) is 13.2. The fourth-order valence-electron chi connectivity index (χ4n) is 16.3. The smallest absolute Gasteiger partial charge is 0.251 e. The Bertz CT molecular complexity index is 6150. The summed E-state index contributed by atoms with van der Waals surface area (Å²) in [6.07, 6.45) is 0.707. The number of nitrogens with one attached hydrogen (secondary N) is 8. The zero-order valence-electron chi connectivity index (χ0n) is 70.6. The lowest BCUT2D eigenvalue weighted by atomic mass is 9.81. The number of aromatic nitrogens is 8. The number of anilines is 4. The van der Waals surface area contributed by atoms with Crippen LogP contribution in [0.2, 0.25) is 15.1 Å². The molecule has 32 heteroatoms. The number of hydrogen-bond acceptors (Lipinski definition) is 16. The standard InChI is InChI=1S/C24H24Cl2N4O3.C23H23FN4O3.C23H24N4O4.C22H21ClN4O2/c1-5-13-10-15(7-9-18(13)33-4)23(31)27-21-20(14-6-8-16(25)17(26)11-14)19-12(2)29-30(3)22(19)28-24(21)32;1-12-5-7-14(8-6-12)22(29)25-20-19(15-9-10-17(31-4)16(24)11-15)18-13(2)27-28(3)21(18)26-23(20)30;1-13-18-19(15-10-11-16(30-3)17(12-15)31-4)20(23(29)25-21(18)27(2)26-13)24-22(28)14-8-6-5-7-9-14;1-12-7-9-14(10-8-12)21(28)24-19-18(15-5-4-6-16(23)11-15)17-13(2)26-27(3)20(17)25-22(19)29/h6-11,20-21H,5H2,1-4H3,(H,27,31)(H,28,32);5-11,19-20H,1-4H3,(H,25,29)(H,26,30);5-12,19-20H,1-4H3,(H,24,28)(H,25,29);4-11,18-19H,1-3H3,(H,24,28)(H,25,29)/t20-,21+;2*19-,20+;18-,19+/m0000/s1. The number of benzene rings is 8. The highest BCUT2D eigenvalue weighted by Crippen LogP contribution is 2.46. The van der Waals surface area contributed by atoms with E-state index in [2.05, 4.69) is 62.9 Å². The minimum atomic E-state index is -0.947. The zero-order valence-corrected chi connectivity index (χ0v) is 72.8. The van der Waals surface area contributed by atoms with Crippen molar-refractivity contribution in [3.63, 3.8) is 0 Å². The van der Waals surface area contributed by atoms with E-state index in [1.807, 2.05) is 115 Å². The van der Waals surface area contributed by atoms with Gasteiger partial charge in [-0.05, 0) is 179 Å². The first kappa shape index (κ1) is 88.2. The van der Waals surface area contributed by atoms with Crippen LogP contribution in [0.15, 0.2) is 176 Å². The molecule has 0 fully saturated rings. The van der Waals surface area contributed by atoms with E-state index in [1.165, 1.54) is 19.2 Å². The third kappa shape index (κ3) is 18.1. The maximum atomic E-state index is 14.5. The fraction of sp³-hybridized carbons (Fsp3) is 0.261. The molecule has 0 unspecified atom stereocenters. The molecular weight excluding hydrogens is 1650 g/mol. The number of amides is 8. The summed E-state index contributed by atoms with van der Waals surface area (Å²) in [6.45, 7) is 13.3. The van der Waals surface area contributed by atoms with Crippen molar-refractivity contribution in [1.82, 2.24) is 60.4 Å². The van der Waals surface area contributed by atoms with Crippen LogP contribution in [0.1, 0.15) is 156 Å². The molecule has 640 valence electrons. The second-order valence-corrected chi connectivity index (χ2v) is 31.5. The highest BCUT2D eigenvalue weighted by molar-refractivity contribution is 6.42. The van der Waals surface area contributed by atoms with Crippen molar-refractivity contribution in [3.8, 4) is 23.0 Å². The summed E-state index contributed by atoms with van der Waals surface area (Å²) >= 11 is 18.7. The van der Waals surface area contributed by atoms with E-state index in [9.17, 15) is 42.7 Å². The molecule has 4 aromatic heterocycles. The predicted octanol–water partition coefficient (Wildman–Crippen LogP) is 13.8. The molecule has 0 aliphatic carbocycles. The Hall–Kier alpha value is -13.6. The van der Waals surface area contributed by atoms with Crippen molar-refractivity contribution in [2.45, 2.75) is 103 Å². The van der Waals surface area contributed by atoms with Gasteiger partial charge in [0.05, 0.1) is 61.3 Å². The van der Waals surface area contributed by atoms with Crippen LogP contribution in [0.5, 0.6) is 23.0 Å². The van der Waals surface area contributed by atoms with Crippen molar-refractivity contribution < 1.29 is 61.7 Å². The summed E-state index contributed by atoms with van der Waals surface area (Å²) in [4.78, 5) is 104. The van der Waals surface area contributed by atoms with Crippen LogP contribution in [0.3, 0.4) is 0 Å². The largest absolute Gasteiger partial charge is 0.496 e. The molecule has 12 aromatic rings. The normalized spacial score (nSPS) is 17.6. The lowest BCUT2D eigenvalue weighted by Gasteiger charge is -2.33. The van der Waals surface area contributed by atoms with Crippen LogP contribution < -0.4 is 61.5 Å². The number of rotatable bonds is 17. The molecule has 8 atom stereocenters. The van der Waals surface area contributed by atoms with Crippen LogP contribution in [-0.2, 0) is 53.8 Å². The first-order valence-corrected chi connectivity index (χ1v) is 40.7. The van der Waals surface area contributed by atoms with Crippen molar-refractivity contribution in [2.24, 2.45) is 28.2 Å². The Morgan fingerprint density at radius 1 is 0.371 bits per heavy atom. The van der Waals surface area contributed by atoms with Gasteiger partial charge in [-0.1, -0.05) is 126 Å². The van der Waals surface area contributed by atoms with Crippen LogP contribution in [0, 0.1) is 47.4 Å². The molecule has 4 aliphatic heterocycles. The Morgan fingerprint density at radius 2 is 0.710 bits per heavy atom. The average Bonchev–Trinajstić information content (AvgIpc) is 1.57. The molecule has 8 aromatic carbocycles. The molecule has 0 radical (unpaired) electrons. The molecule has 8 N–H and O–H groups in total. The molecular formula is C92H92Cl3FN16O12. The van der Waals surface area contributed by atoms with Gasteiger partial charge in [-0.3, -0.25) is 57.1 Å². The van der Waals surface area contributed by atoms with E-state index in [0.717, 1.165) is 72.7 Å². The Kier molecular flexibility index (Phi) is 26.6. The minimum Gasteiger partial charge on any atom is -0.496 e. The van der Waals surface area contributed by atoms with Crippen molar-refractivity contribution in [1.29, 1.82) is 0 Å². The summed E-state index contributed by atoms with van der Waals surface area (Å²) in [5, 5.41) is 42.3. The predicted molar refractivity (Wildman–Crippen MR) is 470 cm³/mol. The third-order valence-corrected chi connectivity index (χ3v) is 23.3. The minimum absolute atomic E-state index is 0.104. The van der Waals surface area contributed by atoms with Gasteiger partial charge in [-0.15, -0.1) is 0 Å². The van der Waals surface area contributed by atoms with Crippen LogP contribution >= 0.6 is 34.8 Å². The molecule has 16 rings (SSSR count). The monoisotopic (exact) mass is 1740 g/mol. The number of aryl methyl sites for hydroxylation is 11. The van der Waals surface area contributed by atoms with Gasteiger partial charge in [0.25, 0.3) is 23.6 Å². The molecule has 28 nitrogen and oxygen atoms in total. The van der Waals surface area contributed by atoms with Crippen molar-refractivity contribution in [2.75, 3.05) is 49.7 Å². The Morgan fingerprint density at radius 3 is 1.08 bits per heavy atom. The Labute approximate surface area is 729 Å². The molecule has 0 saturated heterocycles. The zero-order chi connectivity index (χ0) is 89.0. The molecule has 0 bridgehead atoms. The number of methoxy groups -OCH3 is 4. The number of fused-ring (bicyclic) bond motifs is 4. The quantitative estimate of drug-likeness (QED) is 0.0420. The van der Waals surface area contributed by atoms with Gasteiger partial charge in [-0.2, -0.15) is 20.4 Å². The highest BCUT2D eigenvalue weighted by Gasteiger charge is 2.46. The summed E-state index contributed by atoms with van der Waals surface area (Å²) in [6, 6.07) is 47.5. The highest BCUT2D eigenvalue weighted by atomic mass is 35.5. The van der Waals surface area contributed by atoms with Crippen molar-refractivity contribution >= 4 is 105 Å². The molecule has 0 spiro atoms. The van der Waals surface area contributed by atoms with E-state index in [0.29, 0.717) is 95.5 Å². The lowest BCUT2D eigenvalue weighted by Crippen LogP contribution is -2.50. The maximum Gasteiger partial charge on any atom is 0.251 e. The first-order valence-electron chi connectivity index (χ1n) is 39.6. The molecule has 4 aliphatic rings. The van der Waals surface area contributed by atoms with Gasteiger partial charge in [0.15, 0.2) is 23.1 Å². The second-order valence-electron chi connectivity index (χ2n) is 30.3. The van der Waals surface area contributed by atoms with Gasteiger partial charge in [0.1, 0.15) is 53.2 Å². The first-order chi connectivity index (χ1) is 59.3. The SMILES string of the molecule is CCc1cc(C(=O)N[C@H]2C(=O)Nc3c(c(C)nn3C)[C@@H]2c2ccc(Cl)c(Cl)c2)ccc1OC.COc1ccc([C@H]2c3c(C)nn(C)c3NC(=O)[C@@H]2NC(=O)c2ccc(C)cc2)cc1F.COc1ccc([C@H]2c3c(C)nn(C)c3NC(=O)[C@@H]2NC(=O)c2ccccc2)cc1OC.Cc1ccc(C(=O)N[C@H]2C(=O)Nc3c(c(C)nn3C)[C@@H]2c2cccc(Cl)c2)cc1. The third-order valence-electron chi connectivity index (χ3n) is 22.3. The van der Waals surface area contributed by atoms with E-state index < -0.39 is 59.6 Å². The Balaban J connectivity index is 0.000000142. The second kappa shape index (κ2) is 37.4. The van der Waals surface area contributed by atoms with E-state index in [-0.39, 0.29) is 47.1 Å². The molecule has 8 heterocycles. The number of nitrogens with zero attached hydrogens (tertiary/aromatic N) is 8. The summed E-state index contributed by atoms with van der Waals surface area (Å²) in [5.74, 6) is -0.873. The number of hydrogen-bond donors (Lipinski definition) is 8. The van der Waals surface area contributed by atoms with E-state index in [4.69, 9.17) is 53.8 Å². The van der Waals surface area contributed by atoms with Gasteiger partial charge in [-0.25, -0.2) is 4.39 Å². The van der Waals surface area contributed by atoms with E-state index >= 15 is 0 Å². The van der Waals surface area contributed by atoms with Crippen LogP contribution in [0.25, 0.3) is 0 Å². The number of carbonyl (C=O) groups is 8. The van der Waals surface area contributed by atoms with Gasteiger partial charge in [0, 0.05) is 101 Å². The summed E-state index contributed by atoms with van der Waals surface area (Å²) in [5.41, 5.74) is 14.1. The molecule has 8 amide bonds. The molecule has 0 saturated carbocycles.